The maximum atomic E-state index is 11.6. The van der Waals surface area contributed by atoms with Gasteiger partial charge in [-0.15, -0.1) is 0 Å². The van der Waals surface area contributed by atoms with Gasteiger partial charge in [0, 0.05) is 5.69 Å². The molecule has 0 heterocycles. The predicted molar refractivity (Wildman–Crippen MR) is 64.9 cm³/mol. The lowest BCUT2D eigenvalue weighted by Crippen LogP contribution is -2.35. The highest BCUT2D eigenvalue weighted by Gasteiger charge is 2.12. The molecule has 5 nitrogen and oxygen atoms in total. The van der Waals surface area contributed by atoms with Crippen molar-refractivity contribution in [3.8, 4) is 0 Å². The van der Waals surface area contributed by atoms with Crippen molar-refractivity contribution in [2.45, 2.75) is 25.8 Å². The first kappa shape index (κ1) is 13.2. The van der Waals surface area contributed by atoms with Crippen molar-refractivity contribution in [2.24, 2.45) is 5.73 Å². The van der Waals surface area contributed by atoms with E-state index in [9.17, 15) is 9.59 Å². The van der Waals surface area contributed by atoms with Gasteiger partial charge in [0.1, 0.15) is 0 Å². The Labute approximate surface area is 99.6 Å². The summed E-state index contributed by atoms with van der Waals surface area (Å²) in [6.07, 6.45) is 1.46. The highest BCUT2D eigenvalue weighted by molar-refractivity contribution is 5.95. The fourth-order valence-electron chi connectivity index (χ4n) is 1.37. The van der Waals surface area contributed by atoms with Gasteiger partial charge in [-0.2, -0.15) is 0 Å². The Kier molecular flexibility index (Phi) is 4.66. The van der Waals surface area contributed by atoms with Crippen molar-refractivity contribution in [3.05, 3.63) is 29.8 Å². The molecule has 5 heteroatoms. The number of nitrogens with one attached hydrogen (secondary N) is 1. The van der Waals surface area contributed by atoms with Crippen molar-refractivity contribution in [3.63, 3.8) is 0 Å². The highest BCUT2D eigenvalue weighted by atomic mass is 16.4. The molecule has 0 aliphatic heterocycles. The fourth-order valence-corrected chi connectivity index (χ4v) is 1.37. The van der Waals surface area contributed by atoms with E-state index in [2.05, 4.69) is 5.32 Å². The van der Waals surface area contributed by atoms with E-state index in [1.165, 1.54) is 12.1 Å². The number of carboxylic acid groups (broad SMARTS) is 1. The fraction of sp³-hybridized carbons (Fsp3) is 0.333. The van der Waals surface area contributed by atoms with E-state index in [0.29, 0.717) is 12.1 Å². The van der Waals surface area contributed by atoms with Gasteiger partial charge < -0.3 is 16.2 Å². The van der Waals surface area contributed by atoms with Crippen LogP contribution in [0.1, 0.15) is 30.1 Å². The van der Waals surface area contributed by atoms with Crippen molar-refractivity contribution in [1.29, 1.82) is 0 Å². The van der Waals surface area contributed by atoms with Crippen molar-refractivity contribution < 1.29 is 14.7 Å². The molecule has 1 amide bonds. The molecular weight excluding hydrogens is 220 g/mol. The van der Waals surface area contributed by atoms with Crippen LogP contribution in [0.25, 0.3) is 0 Å². The SMILES string of the molecule is CCC[C@H](N)C(=O)Nc1ccc(C(=O)O)cc1. The molecule has 92 valence electrons. The molecule has 4 N–H and O–H groups in total. The summed E-state index contributed by atoms with van der Waals surface area (Å²) in [5.41, 5.74) is 6.38. The Bertz CT molecular complexity index is 401. The summed E-state index contributed by atoms with van der Waals surface area (Å²) in [5, 5.41) is 11.3. The van der Waals surface area contributed by atoms with E-state index in [1.54, 1.807) is 12.1 Å². The monoisotopic (exact) mass is 236 g/mol. The van der Waals surface area contributed by atoms with E-state index in [0.717, 1.165) is 6.42 Å². The van der Waals surface area contributed by atoms with Crippen LogP contribution in [0.2, 0.25) is 0 Å². The largest absolute Gasteiger partial charge is 0.478 e. The summed E-state index contributed by atoms with van der Waals surface area (Å²) in [4.78, 5) is 22.2. The Hall–Kier alpha value is -1.88. The van der Waals surface area contributed by atoms with Crippen LogP contribution in [-0.2, 0) is 4.79 Å². The van der Waals surface area contributed by atoms with Crippen LogP contribution in [-0.4, -0.2) is 23.0 Å². The molecule has 0 unspecified atom stereocenters. The molecule has 0 radical (unpaired) electrons. The quantitative estimate of drug-likeness (QED) is 0.721. The van der Waals surface area contributed by atoms with Gasteiger partial charge in [-0.25, -0.2) is 4.79 Å². The molecule has 0 saturated heterocycles. The number of carboxylic acids is 1. The van der Waals surface area contributed by atoms with Crippen LogP contribution in [0, 0.1) is 0 Å². The number of carbonyl (C=O) groups is 2. The van der Waals surface area contributed by atoms with Gasteiger partial charge in [0.15, 0.2) is 0 Å². The first-order valence-electron chi connectivity index (χ1n) is 5.44. The Morgan fingerprint density at radius 1 is 1.35 bits per heavy atom. The molecule has 0 bridgehead atoms. The second-order valence-corrected chi connectivity index (χ2v) is 3.77. The number of rotatable bonds is 5. The Balaban J connectivity index is 2.63. The molecule has 0 aliphatic carbocycles. The van der Waals surface area contributed by atoms with E-state index < -0.39 is 12.0 Å². The molecule has 1 aromatic rings. The van der Waals surface area contributed by atoms with Crippen LogP contribution in [0.15, 0.2) is 24.3 Å². The summed E-state index contributed by atoms with van der Waals surface area (Å²) in [5.74, 6) is -1.25. The molecule has 0 aliphatic rings. The topological polar surface area (TPSA) is 92.4 Å². The van der Waals surface area contributed by atoms with E-state index >= 15 is 0 Å². The number of amides is 1. The molecule has 0 spiro atoms. The number of benzene rings is 1. The smallest absolute Gasteiger partial charge is 0.335 e. The van der Waals surface area contributed by atoms with Crippen LogP contribution in [0.3, 0.4) is 0 Å². The average molecular weight is 236 g/mol. The molecule has 1 aromatic carbocycles. The lowest BCUT2D eigenvalue weighted by molar-refractivity contribution is -0.117. The maximum Gasteiger partial charge on any atom is 0.335 e. The maximum absolute atomic E-state index is 11.6. The molecule has 0 aromatic heterocycles. The van der Waals surface area contributed by atoms with Crippen LogP contribution in [0.5, 0.6) is 0 Å². The van der Waals surface area contributed by atoms with Gasteiger partial charge in [0.05, 0.1) is 11.6 Å². The number of aromatic carboxylic acids is 1. The van der Waals surface area contributed by atoms with Gasteiger partial charge in [0.25, 0.3) is 0 Å². The second kappa shape index (κ2) is 6.00. The van der Waals surface area contributed by atoms with E-state index in [4.69, 9.17) is 10.8 Å². The molecule has 0 saturated carbocycles. The van der Waals surface area contributed by atoms with E-state index in [-0.39, 0.29) is 11.5 Å². The lowest BCUT2D eigenvalue weighted by Gasteiger charge is -2.11. The van der Waals surface area contributed by atoms with Crippen LogP contribution >= 0.6 is 0 Å². The first-order valence-corrected chi connectivity index (χ1v) is 5.44. The molecule has 1 atom stereocenters. The number of anilines is 1. The number of hydrogen-bond acceptors (Lipinski definition) is 3. The predicted octanol–water partition coefficient (Wildman–Crippen LogP) is 1.45. The minimum Gasteiger partial charge on any atom is -0.478 e. The summed E-state index contributed by atoms with van der Waals surface area (Å²) in [6, 6.07) is 5.42. The minimum atomic E-state index is -0.995. The zero-order valence-corrected chi connectivity index (χ0v) is 9.64. The van der Waals surface area contributed by atoms with Crippen molar-refractivity contribution in [1.82, 2.24) is 0 Å². The summed E-state index contributed by atoms with van der Waals surface area (Å²) >= 11 is 0. The van der Waals surface area contributed by atoms with Gasteiger partial charge in [-0.1, -0.05) is 13.3 Å². The molecule has 1 rings (SSSR count). The molecule has 17 heavy (non-hydrogen) atoms. The zero-order valence-electron chi connectivity index (χ0n) is 9.64. The lowest BCUT2D eigenvalue weighted by atomic mass is 10.1. The average Bonchev–Trinajstić information content (AvgIpc) is 2.30. The van der Waals surface area contributed by atoms with Crippen molar-refractivity contribution in [2.75, 3.05) is 5.32 Å². The standard InChI is InChI=1S/C12H16N2O3/c1-2-3-10(13)11(15)14-9-6-4-8(5-7-9)12(16)17/h4-7,10H,2-3,13H2,1H3,(H,14,15)(H,16,17)/t10-/m0/s1. The highest BCUT2D eigenvalue weighted by Crippen LogP contribution is 2.10. The van der Waals surface area contributed by atoms with Crippen LogP contribution in [0.4, 0.5) is 5.69 Å². The number of nitrogens with two attached hydrogens (primary N) is 1. The van der Waals surface area contributed by atoms with Gasteiger partial charge in [-0.05, 0) is 30.7 Å². The Morgan fingerprint density at radius 2 is 1.94 bits per heavy atom. The third-order valence-electron chi connectivity index (χ3n) is 2.34. The van der Waals surface area contributed by atoms with Gasteiger partial charge in [0.2, 0.25) is 5.91 Å². The first-order chi connectivity index (χ1) is 8.04. The van der Waals surface area contributed by atoms with Crippen molar-refractivity contribution >= 4 is 17.6 Å². The Morgan fingerprint density at radius 3 is 2.41 bits per heavy atom. The molecular formula is C12H16N2O3. The summed E-state index contributed by atoms with van der Waals surface area (Å²) in [6.45, 7) is 1.95. The van der Waals surface area contributed by atoms with E-state index in [1.807, 2.05) is 6.92 Å². The molecule has 0 fully saturated rings. The van der Waals surface area contributed by atoms with Crippen LogP contribution < -0.4 is 11.1 Å². The summed E-state index contributed by atoms with van der Waals surface area (Å²) < 4.78 is 0. The number of hydrogen-bond donors (Lipinski definition) is 3. The van der Waals surface area contributed by atoms with Gasteiger partial charge >= 0.3 is 5.97 Å². The number of carbonyl (C=O) groups excluding carboxylic acids is 1. The third kappa shape index (κ3) is 3.88. The summed E-state index contributed by atoms with van der Waals surface area (Å²) in [7, 11) is 0. The van der Waals surface area contributed by atoms with Gasteiger partial charge in [-0.3, -0.25) is 4.79 Å². The second-order valence-electron chi connectivity index (χ2n) is 3.77. The minimum absolute atomic E-state index is 0.181. The zero-order chi connectivity index (χ0) is 12.8. The third-order valence-corrected chi connectivity index (χ3v) is 2.34. The normalized spacial score (nSPS) is 11.9.